The molecule has 1 nitrogen and oxygen atoms in total. The molecule has 112 valence electrons. The zero-order chi connectivity index (χ0) is 15.2. The van der Waals surface area contributed by atoms with Gasteiger partial charge in [0, 0.05) is 9.61 Å². The molecule has 0 amide bonds. The van der Waals surface area contributed by atoms with E-state index in [4.69, 9.17) is 0 Å². The number of hydrogen-bond acceptors (Lipinski definition) is 1. The van der Waals surface area contributed by atoms with Crippen molar-refractivity contribution >= 4 is 22.6 Å². The molecule has 1 N–H and O–H groups in total. The summed E-state index contributed by atoms with van der Waals surface area (Å²) in [6.07, 6.45) is 2.20. The van der Waals surface area contributed by atoms with Crippen LogP contribution in [0.3, 0.4) is 0 Å². The van der Waals surface area contributed by atoms with Crippen LogP contribution in [0.5, 0.6) is 0 Å². The average Bonchev–Trinajstić information content (AvgIpc) is 2.46. The van der Waals surface area contributed by atoms with Gasteiger partial charge >= 0.3 is 0 Å². The van der Waals surface area contributed by atoms with Gasteiger partial charge in [-0.05, 0) is 84.6 Å². The Balaban J connectivity index is 2.22. The summed E-state index contributed by atoms with van der Waals surface area (Å²) in [7, 11) is 0. The average molecular weight is 393 g/mol. The summed E-state index contributed by atoms with van der Waals surface area (Å²) in [4.78, 5) is 0. The highest BCUT2D eigenvalue weighted by atomic mass is 127. The van der Waals surface area contributed by atoms with Crippen LogP contribution in [0.25, 0.3) is 0 Å². The lowest BCUT2D eigenvalue weighted by Gasteiger charge is -2.21. The fraction of sp³-hybridized carbons (Fsp3) is 0.368. The fourth-order valence-electron chi connectivity index (χ4n) is 2.68. The van der Waals surface area contributed by atoms with Crippen LogP contribution in [0.4, 0.5) is 0 Å². The van der Waals surface area contributed by atoms with Crippen molar-refractivity contribution in [3.8, 4) is 0 Å². The van der Waals surface area contributed by atoms with Crippen molar-refractivity contribution in [2.45, 2.75) is 39.7 Å². The van der Waals surface area contributed by atoms with Crippen molar-refractivity contribution in [3.63, 3.8) is 0 Å². The SMILES string of the molecule is CCCNC(Cc1ccc(I)cc1)c1ccc(C)cc1C. The molecule has 0 heterocycles. The second kappa shape index (κ2) is 7.95. The lowest BCUT2D eigenvalue weighted by atomic mass is 9.94. The molecule has 2 rings (SSSR count). The van der Waals surface area contributed by atoms with Crippen LogP contribution in [0.2, 0.25) is 0 Å². The largest absolute Gasteiger partial charge is 0.310 e. The van der Waals surface area contributed by atoms with Crippen LogP contribution in [0.15, 0.2) is 42.5 Å². The minimum absolute atomic E-state index is 0.394. The fourth-order valence-corrected chi connectivity index (χ4v) is 3.04. The molecule has 0 saturated carbocycles. The van der Waals surface area contributed by atoms with E-state index in [2.05, 4.69) is 91.1 Å². The first kappa shape index (κ1) is 16.5. The van der Waals surface area contributed by atoms with Gasteiger partial charge in [0.1, 0.15) is 0 Å². The monoisotopic (exact) mass is 393 g/mol. The Morgan fingerprint density at radius 1 is 1.05 bits per heavy atom. The number of nitrogens with one attached hydrogen (secondary N) is 1. The van der Waals surface area contributed by atoms with Gasteiger partial charge in [-0.15, -0.1) is 0 Å². The number of benzene rings is 2. The van der Waals surface area contributed by atoms with Gasteiger partial charge in [0.2, 0.25) is 0 Å². The van der Waals surface area contributed by atoms with Crippen molar-refractivity contribution < 1.29 is 0 Å². The van der Waals surface area contributed by atoms with Crippen LogP contribution in [0.1, 0.15) is 41.6 Å². The molecule has 0 fully saturated rings. The highest BCUT2D eigenvalue weighted by molar-refractivity contribution is 14.1. The van der Waals surface area contributed by atoms with Gasteiger partial charge in [-0.25, -0.2) is 0 Å². The predicted octanol–water partition coefficient (Wildman–Crippen LogP) is 5.19. The van der Waals surface area contributed by atoms with Crippen molar-refractivity contribution in [1.29, 1.82) is 0 Å². The van der Waals surface area contributed by atoms with Crippen molar-refractivity contribution in [2.24, 2.45) is 0 Å². The van der Waals surface area contributed by atoms with E-state index in [-0.39, 0.29) is 0 Å². The summed E-state index contributed by atoms with van der Waals surface area (Å²) < 4.78 is 1.29. The number of aryl methyl sites for hydroxylation is 2. The minimum atomic E-state index is 0.394. The molecule has 2 heteroatoms. The van der Waals surface area contributed by atoms with Gasteiger partial charge in [-0.1, -0.05) is 42.8 Å². The van der Waals surface area contributed by atoms with E-state index in [1.165, 1.54) is 25.8 Å². The third kappa shape index (κ3) is 4.82. The first-order valence-electron chi connectivity index (χ1n) is 7.65. The van der Waals surface area contributed by atoms with E-state index in [0.29, 0.717) is 6.04 Å². The Bertz CT molecular complexity index is 575. The van der Waals surface area contributed by atoms with Gasteiger partial charge in [-0.3, -0.25) is 0 Å². The molecule has 0 radical (unpaired) electrons. The summed E-state index contributed by atoms with van der Waals surface area (Å²) in [5.74, 6) is 0. The third-order valence-corrected chi connectivity index (χ3v) is 4.51. The lowest BCUT2D eigenvalue weighted by molar-refractivity contribution is 0.527. The van der Waals surface area contributed by atoms with Gasteiger partial charge < -0.3 is 5.32 Å². The zero-order valence-corrected chi connectivity index (χ0v) is 15.3. The Morgan fingerprint density at radius 2 is 1.76 bits per heavy atom. The molecule has 1 atom stereocenters. The molecule has 1 unspecified atom stereocenters. The van der Waals surface area contributed by atoms with Crippen LogP contribution in [0, 0.1) is 17.4 Å². The van der Waals surface area contributed by atoms with Gasteiger partial charge in [0.25, 0.3) is 0 Å². The molecule has 0 aliphatic rings. The van der Waals surface area contributed by atoms with Crippen LogP contribution in [-0.4, -0.2) is 6.54 Å². The van der Waals surface area contributed by atoms with E-state index < -0.39 is 0 Å². The van der Waals surface area contributed by atoms with Crippen molar-refractivity contribution in [1.82, 2.24) is 5.32 Å². The second-order valence-corrected chi connectivity index (χ2v) is 6.94. The van der Waals surface area contributed by atoms with Crippen LogP contribution >= 0.6 is 22.6 Å². The van der Waals surface area contributed by atoms with Crippen molar-refractivity contribution in [2.75, 3.05) is 6.54 Å². The molecule has 2 aromatic carbocycles. The van der Waals surface area contributed by atoms with E-state index in [1.54, 1.807) is 0 Å². The molecule has 0 bridgehead atoms. The number of rotatable bonds is 6. The smallest absolute Gasteiger partial charge is 0.0363 e. The third-order valence-electron chi connectivity index (χ3n) is 3.79. The second-order valence-electron chi connectivity index (χ2n) is 5.70. The minimum Gasteiger partial charge on any atom is -0.310 e. The van der Waals surface area contributed by atoms with Crippen LogP contribution in [-0.2, 0) is 6.42 Å². The molecule has 0 aliphatic heterocycles. The van der Waals surface area contributed by atoms with Crippen LogP contribution < -0.4 is 5.32 Å². The molecular formula is C19H24IN. The summed E-state index contributed by atoms with van der Waals surface area (Å²) in [6, 6.07) is 16.0. The molecule has 21 heavy (non-hydrogen) atoms. The number of halogens is 1. The lowest BCUT2D eigenvalue weighted by Crippen LogP contribution is -2.24. The molecule has 0 aliphatic carbocycles. The van der Waals surface area contributed by atoms with E-state index >= 15 is 0 Å². The van der Waals surface area contributed by atoms with E-state index in [1.807, 2.05) is 0 Å². The summed E-state index contributed by atoms with van der Waals surface area (Å²) in [6.45, 7) is 7.65. The Kier molecular flexibility index (Phi) is 6.24. The number of hydrogen-bond donors (Lipinski definition) is 1. The Morgan fingerprint density at radius 3 is 2.38 bits per heavy atom. The van der Waals surface area contributed by atoms with E-state index in [9.17, 15) is 0 Å². The standard InChI is InChI=1S/C19H24IN/c1-4-11-21-19(13-16-6-8-17(20)9-7-16)18-10-5-14(2)12-15(18)3/h5-10,12,19,21H,4,11,13H2,1-3H3. The molecule has 0 spiro atoms. The highest BCUT2D eigenvalue weighted by Gasteiger charge is 2.13. The molecule has 0 saturated heterocycles. The zero-order valence-electron chi connectivity index (χ0n) is 13.1. The highest BCUT2D eigenvalue weighted by Crippen LogP contribution is 2.23. The summed E-state index contributed by atoms with van der Waals surface area (Å²) >= 11 is 2.36. The Labute approximate surface area is 142 Å². The summed E-state index contributed by atoms with van der Waals surface area (Å²) in [5, 5.41) is 3.71. The first-order chi connectivity index (χ1) is 10.1. The van der Waals surface area contributed by atoms with E-state index in [0.717, 1.165) is 19.4 Å². The predicted molar refractivity (Wildman–Crippen MR) is 99.8 cm³/mol. The molecular weight excluding hydrogens is 369 g/mol. The topological polar surface area (TPSA) is 12.0 Å². The normalized spacial score (nSPS) is 12.4. The maximum absolute atomic E-state index is 3.71. The maximum Gasteiger partial charge on any atom is 0.0363 e. The summed E-state index contributed by atoms with van der Waals surface area (Å²) in [5.41, 5.74) is 5.53. The molecule has 0 aromatic heterocycles. The first-order valence-corrected chi connectivity index (χ1v) is 8.73. The van der Waals surface area contributed by atoms with Gasteiger partial charge in [0.15, 0.2) is 0 Å². The maximum atomic E-state index is 3.71. The Hall–Kier alpha value is -0.870. The molecule has 2 aromatic rings. The van der Waals surface area contributed by atoms with Crippen molar-refractivity contribution in [3.05, 3.63) is 68.3 Å². The van der Waals surface area contributed by atoms with Gasteiger partial charge in [-0.2, -0.15) is 0 Å². The quantitative estimate of drug-likeness (QED) is 0.666. The van der Waals surface area contributed by atoms with Gasteiger partial charge in [0.05, 0.1) is 0 Å².